The number of aliphatic hydroxyl groups excluding tert-OH is 2. The molecule has 0 rings (SSSR count). The summed E-state index contributed by atoms with van der Waals surface area (Å²) >= 11 is 0. The van der Waals surface area contributed by atoms with Crippen LogP contribution in [0.15, 0.2) is 0 Å². The summed E-state index contributed by atoms with van der Waals surface area (Å²) < 4.78 is 0. The molecule has 0 aromatic carbocycles. The number of carbonyl (C=O) groups excluding carboxylic acids is 3. The molecule has 12 nitrogen and oxygen atoms in total. The van der Waals surface area contributed by atoms with Crippen LogP contribution in [0.1, 0.15) is 19.3 Å². The van der Waals surface area contributed by atoms with E-state index in [4.69, 9.17) is 26.8 Å². The Bertz CT molecular complexity index is 488. The standard InChI is InChI=1S/C14H27N5O7/c15-4-2-1-3-9(14(25)26)18-11(22)5-17-13(24)10(7-21)19-12(23)8(16)6-20/h8-10,20-21H,1-7,15-16H2,(H,17,24)(H,18,22)(H,19,23)(H,25,26). The molecule has 0 aliphatic rings. The van der Waals surface area contributed by atoms with Gasteiger partial charge in [0.05, 0.1) is 19.8 Å². The monoisotopic (exact) mass is 377 g/mol. The summed E-state index contributed by atoms with van der Waals surface area (Å²) in [4.78, 5) is 46.2. The lowest BCUT2D eigenvalue weighted by Gasteiger charge is -2.18. The smallest absolute Gasteiger partial charge is 0.326 e. The third-order valence-corrected chi connectivity index (χ3v) is 3.35. The van der Waals surface area contributed by atoms with Crippen LogP contribution in [0.25, 0.3) is 0 Å². The predicted octanol–water partition coefficient (Wildman–Crippen LogP) is -4.40. The van der Waals surface area contributed by atoms with Crippen LogP contribution in [-0.2, 0) is 19.2 Å². The minimum Gasteiger partial charge on any atom is -0.480 e. The van der Waals surface area contributed by atoms with Crippen molar-refractivity contribution >= 4 is 23.7 Å². The highest BCUT2D eigenvalue weighted by Crippen LogP contribution is 2.00. The van der Waals surface area contributed by atoms with Crippen molar-refractivity contribution in [3.05, 3.63) is 0 Å². The van der Waals surface area contributed by atoms with Crippen LogP contribution in [0, 0.1) is 0 Å². The van der Waals surface area contributed by atoms with Crippen molar-refractivity contribution in [2.45, 2.75) is 37.4 Å². The molecular formula is C14H27N5O7. The van der Waals surface area contributed by atoms with Crippen LogP contribution in [-0.4, -0.2) is 83.4 Å². The van der Waals surface area contributed by atoms with Gasteiger partial charge in [0.15, 0.2) is 0 Å². The van der Waals surface area contributed by atoms with Crippen molar-refractivity contribution < 1.29 is 34.5 Å². The van der Waals surface area contributed by atoms with Gasteiger partial charge < -0.3 is 42.7 Å². The van der Waals surface area contributed by atoms with E-state index in [9.17, 15) is 19.2 Å². The Kier molecular flexibility index (Phi) is 11.9. The number of nitrogens with two attached hydrogens (primary N) is 2. The second-order valence-electron chi connectivity index (χ2n) is 5.49. The van der Waals surface area contributed by atoms with E-state index in [-0.39, 0.29) is 6.42 Å². The summed E-state index contributed by atoms with van der Waals surface area (Å²) in [6.07, 6.45) is 1.33. The molecule has 3 amide bonds. The van der Waals surface area contributed by atoms with E-state index in [0.29, 0.717) is 19.4 Å². The summed E-state index contributed by atoms with van der Waals surface area (Å²) in [6.45, 7) is -1.54. The number of aliphatic carboxylic acids is 1. The summed E-state index contributed by atoms with van der Waals surface area (Å²) in [6, 6.07) is -3.74. The second-order valence-corrected chi connectivity index (χ2v) is 5.49. The minimum absolute atomic E-state index is 0.195. The normalized spacial score (nSPS) is 14.0. The highest BCUT2D eigenvalue weighted by molar-refractivity contribution is 5.92. The number of nitrogens with one attached hydrogen (secondary N) is 3. The molecule has 0 aliphatic heterocycles. The largest absolute Gasteiger partial charge is 0.480 e. The molecule has 0 fully saturated rings. The maximum Gasteiger partial charge on any atom is 0.326 e. The number of hydrogen-bond donors (Lipinski definition) is 8. The second kappa shape index (κ2) is 13.0. The molecule has 0 saturated heterocycles. The number of amides is 3. The molecule has 12 heteroatoms. The van der Waals surface area contributed by atoms with Gasteiger partial charge in [0.25, 0.3) is 0 Å². The number of unbranched alkanes of at least 4 members (excludes halogenated alkanes) is 1. The summed E-state index contributed by atoms with van der Waals surface area (Å²) in [5, 5.41) is 33.5. The fraction of sp³-hybridized carbons (Fsp3) is 0.714. The maximum atomic E-state index is 11.9. The van der Waals surface area contributed by atoms with Crippen LogP contribution in [0.4, 0.5) is 0 Å². The topological polar surface area (TPSA) is 217 Å². The molecule has 26 heavy (non-hydrogen) atoms. The summed E-state index contributed by atoms with van der Waals surface area (Å²) in [7, 11) is 0. The van der Waals surface area contributed by atoms with Gasteiger partial charge in [0.2, 0.25) is 17.7 Å². The zero-order chi connectivity index (χ0) is 20.1. The molecule has 0 bridgehead atoms. The third-order valence-electron chi connectivity index (χ3n) is 3.35. The molecule has 3 atom stereocenters. The average Bonchev–Trinajstić information content (AvgIpc) is 2.62. The van der Waals surface area contributed by atoms with Gasteiger partial charge in [-0.25, -0.2) is 4.79 Å². The zero-order valence-electron chi connectivity index (χ0n) is 14.3. The lowest BCUT2D eigenvalue weighted by atomic mass is 10.1. The molecule has 0 spiro atoms. The quantitative estimate of drug-likeness (QED) is 0.145. The van der Waals surface area contributed by atoms with Gasteiger partial charge in [0, 0.05) is 0 Å². The number of carboxylic acid groups (broad SMARTS) is 1. The van der Waals surface area contributed by atoms with Gasteiger partial charge >= 0.3 is 5.97 Å². The highest BCUT2D eigenvalue weighted by Gasteiger charge is 2.24. The Morgan fingerprint density at radius 2 is 1.58 bits per heavy atom. The molecule has 10 N–H and O–H groups in total. The van der Waals surface area contributed by atoms with Gasteiger partial charge in [-0.15, -0.1) is 0 Å². The van der Waals surface area contributed by atoms with E-state index in [1.54, 1.807) is 0 Å². The van der Waals surface area contributed by atoms with Crippen LogP contribution < -0.4 is 27.4 Å². The molecule has 0 aliphatic carbocycles. The average molecular weight is 377 g/mol. The van der Waals surface area contributed by atoms with Crippen LogP contribution >= 0.6 is 0 Å². The van der Waals surface area contributed by atoms with Crippen molar-refractivity contribution in [1.29, 1.82) is 0 Å². The van der Waals surface area contributed by atoms with E-state index in [2.05, 4.69) is 16.0 Å². The molecule has 0 saturated carbocycles. The van der Waals surface area contributed by atoms with E-state index in [1.165, 1.54) is 0 Å². The van der Waals surface area contributed by atoms with Crippen LogP contribution in [0.5, 0.6) is 0 Å². The third kappa shape index (κ3) is 9.27. The molecule has 0 aromatic heterocycles. The Hall–Kier alpha value is -2.28. The fourth-order valence-electron chi connectivity index (χ4n) is 1.84. The van der Waals surface area contributed by atoms with E-state index >= 15 is 0 Å². The van der Waals surface area contributed by atoms with Gasteiger partial charge in [-0.2, -0.15) is 0 Å². The first-order valence-corrected chi connectivity index (χ1v) is 8.04. The Labute approximate surface area is 150 Å². The molecule has 150 valence electrons. The van der Waals surface area contributed by atoms with Gasteiger partial charge in [0.1, 0.15) is 18.1 Å². The zero-order valence-corrected chi connectivity index (χ0v) is 14.3. The first-order chi connectivity index (χ1) is 12.3. The van der Waals surface area contributed by atoms with Crippen molar-refractivity contribution in [2.24, 2.45) is 11.5 Å². The Morgan fingerprint density at radius 3 is 2.08 bits per heavy atom. The Morgan fingerprint density at radius 1 is 0.923 bits per heavy atom. The number of carboxylic acids is 1. The van der Waals surface area contributed by atoms with Gasteiger partial charge in [-0.05, 0) is 25.8 Å². The lowest BCUT2D eigenvalue weighted by Crippen LogP contribution is -2.55. The molecule has 3 unspecified atom stereocenters. The highest BCUT2D eigenvalue weighted by atomic mass is 16.4. The molecule has 0 heterocycles. The van der Waals surface area contributed by atoms with E-state index in [1.807, 2.05) is 0 Å². The lowest BCUT2D eigenvalue weighted by molar-refractivity contribution is -0.142. The minimum atomic E-state index is -1.37. The number of rotatable bonds is 13. The number of carbonyl (C=O) groups is 4. The first kappa shape index (κ1) is 23.7. The SMILES string of the molecule is NCCCCC(NC(=O)CNC(=O)C(CO)NC(=O)C(N)CO)C(=O)O. The molecular weight excluding hydrogens is 350 g/mol. The summed E-state index contributed by atoms with van der Waals surface area (Å²) in [5.74, 6) is -3.66. The first-order valence-electron chi connectivity index (χ1n) is 8.04. The van der Waals surface area contributed by atoms with Crippen molar-refractivity contribution in [3.63, 3.8) is 0 Å². The van der Waals surface area contributed by atoms with Crippen molar-refractivity contribution in [3.8, 4) is 0 Å². The van der Waals surface area contributed by atoms with E-state index in [0.717, 1.165) is 0 Å². The van der Waals surface area contributed by atoms with Gasteiger partial charge in [-0.1, -0.05) is 0 Å². The summed E-state index contributed by atoms with van der Waals surface area (Å²) in [5.41, 5.74) is 10.6. The van der Waals surface area contributed by atoms with Crippen LogP contribution in [0.3, 0.4) is 0 Å². The van der Waals surface area contributed by atoms with Gasteiger partial charge in [-0.3, -0.25) is 14.4 Å². The number of aliphatic hydroxyl groups is 2. The van der Waals surface area contributed by atoms with Crippen LogP contribution in [0.2, 0.25) is 0 Å². The fourth-order valence-corrected chi connectivity index (χ4v) is 1.84. The molecule has 0 radical (unpaired) electrons. The maximum absolute atomic E-state index is 11.9. The Balaban J connectivity index is 4.46. The molecule has 0 aromatic rings. The number of hydrogen-bond acceptors (Lipinski definition) is 8. The predicted molar refractivity (Wildman–Crippen MR) is 89.6 cm³/mol. The van der Waals surface area contributed by atoms with Crippen molar-refractivity contribution in [2.75, 3.05) is 26.3 Å². The van der Waals surface area contributed by atoms with E-state index < -0.39 is 61.6 Å². The van der Waals surface area contributed by atoms with Crippen molar-refractivity contribution in [1.82, 2.24) is 16.0 Å².